The van der Waals surface area contributed by atoms with E-state index in [2.05, 4.69) is 6.58 Å². The maximum Gasteiger partial charge on any atom is 0.158 e. The van der Waals surface area contributed by atoms with Crippen LogP contribution in [0.5, 0.6) is 0 Å². The summed E-state index contributed by atoms with van der Waals surface area (Å²) in [4.78, 5) is 0. The number of halogens is 2. The topological polar surface area (TPSA) is 20.2 Å². The third-order valence-corrected chi connectivity index (χ3v) is 3.55. The van der Waals surface area contributed by atoms with Crippen molar-refractivity contribution >= 4 is 0 Å². The van der Waals surface area contributed by atoms with Crippen LogP contribution in [0, 0.1) is 5.92 Å². The first-order chi connectivity index (χ1) is 7.56. The van der Waals surface area contributed by atoms with E-state index in [0.717, 1.165) is 5.57 Å². The molecule has 1 nitrogen and oxygen atoms in total. The molecule has 1 N–H and O–H groups in total. The van der Waals surface area contributed by atoms with Gasteiger partial charge < -0.3 is 5.11 Å². The molecule has 3 heteroatoms. The third kappa shape index (κ3) is 1.96. The molecular weight excluding hydrogens is 210 g/mol. The fourth-order valence-electron chi connectivity index (χ4n) is 2.63. The largest absolute Gasteiger partial charge is 0.390 e. The average Bonchev–Trinajstić information content (AvgIpc) is 2.25. The summed E-state index contributed by atoms with van der Waals surface area (Å²) >= 11 is 0. The Morgan fingerprint density at radius 3 is 3.00 bits per heavy atom. The first kappa shape index (κ1) is 11.5. The van der Waals surface area contributed by atoms with Gasteiger partial charge in [-0.3, -0.25) is 0 Å². The standard InChI is InChI=1S/C13H16F2O/c1-2-6-13(16)7-5-9-3-4-11(14)12(15)10(9)8-13/h2-4,10,12,16H,1,5-8H2. The molecule has 2 aliphatic rings. The van der Waals surface area contributed by atoms with Gasteiger partial charge in [-0.15, -0.1) is 6.58 Å². The van der Waals surface area contributed by atoms with Crippen molar-refractivity contribution in [3.63, 3.8) is 0 Å². The van der Waals surface area contributed by atoms with E-state index in [0.29, 0.717) is 19.3 Å². The fourth-order valence-corrected chi connectivity index (χ4v) is 2.63. The van der Waals surface area contributed by atoms with Gasteiger partial charge in [0, 0.05) is 5.92 Å². The van der Waals surface area contributed by atoms with Crippen LogP contribution in [0.4, 0.5) is 8.78 Å². The number of aliphatic hydroxyl groups is 1. The van der Waals surface area contributed by atoms with Crippen LogP contribution in [0.1, 0.15) is 25.7 Å². The molecule has 1 fully saturated rings. The van der Waals surface area contributed by atoms with Crippen LogP contribution >= 0.6 is 0 Å². The number of fused-ring (bicyclic) bond motifs is 1. The van der Waals surface area contributed by atoms with Crippen molar-refractivity contribution < 1.29 is 13.9 Å². The minimum Gasteiger partial charge on any atom is -0.390 e. The molecule has 0 aromatic heterocycles. The molecule has 0 bridgehead atoms. The Bertz CT molecular complexity index is 359. The molecule has 3 unspecified atom stereocenters. The second kappa shape index (κ2) is 4.13. The summed E-state index contributed by atoms with van der Waals surface area (Å²) in [6, 6.07) is 0. The average molecular weight is 226 g/mol. The van der Waals surface area contributed by atoms with Gasteiger partial charge in [0.25, 0.3) is 0 Å². The summed E-state index contributed by atoms with van der Waals surface area (Å²) in [6.45, 7) is 3.58. The molecule has 2 rings (SSSR count). The van der Waals surface area contributed by atoms with Gasteiger partial charge in [-0.1, -0.05) is 17.7 Å². The lowest BCUT2D eigenvalue weighted by molar-refractivity contribution is -0.0108. The smallest absolute Gasteiger partial charge is 0.158 e. The molecule has 0 aromatic rings. The summed E-state index contributed by atoms with van der Waals surface area (Å²) < 4.78 is 26.8. The van der Waals surface area contributed by atoms with Crippen LogP contribution in [0.15, 0.2) is 36.2 Å². The lowest BCUT2D eigenvalue weighted by Gasteiger charge is -2.40. The van der Waals surface area contributed by atoms with Gasteiger partial charge in [0.2, 0.25) is 0 Å². The number of alkyl halides is 1. The number of rotatable bonds is 2. The van der Waals surface area contributed by atoms with Crippen molar-refractivity contribution in [1.29, 1.82) is 0 Å². The molecule has 0 saturated heterocycles. The Kier molecular flexibility index (Phi) is 2.98. The zero-order chi connectivity index (χ0) is 11.8. The molecule has 1 saturated carbocycles. The van der Waals surface area contributed by atoms with E-state index in [1.165, 1.54) is 6.08 Å². The molecular formula is C13H16F2O. The van der Waals surface area contributed by atoms with Crippen LogP contribution in [-0.2, 0) is 0 Å². The van der Waals surface area contributed by atoms with Crippen molar-refractivity contribution in [1.82, 2.24) is 0 Å². The van der Waals surface area contributed by atoms with E-state index < -0.39 is 23.5 Å². The molecule has 16 heavy (non-hydrogen) atoms. The van der Waals surface area contributed by atoms with E-state index in [-0.39, 0.29) is 6.42 Å². The summed E-state index contributed by atoms with van der Waals surface area (Å²) in [5, 5.41) is 10.2. The molecule has 0 amide bonds. The van der Waals surface area contributed by atoms with Crippen LogP contribution in [0.2, 0.25) is 0 Å². The molecule has 0 aromatic carbocycles. The minimum absolute atomic E-state index is 0.285. The van der Waals surface area contributed by atoms with Crippen molar-refractivity contribution in [2.75, 3.05) is 0 Å². The molecule has 88 valence electrons. The SMILES string of the molecule is C=CCC1(O)CCC2=CC=C(F)C(F)C2C1. The monoisotopic (exact) mass is 226 g/mol. The van der Waals surface area contributed by atoms with Gasteiger partial charge in [0.05, 0.1) is 5.60 Å². The summed E-state index contributed by atoms with van der Waals surface area (Å²) in [7, 11) is 0. The summed E-state index contributed by atoms with van der Waals surface area (Å²) in [5.41, 5.74) is 0.00811. The molecule has 3 atom stereocenters. The Morgan fingerprint density at radius 2 is 2.31 bits per heavy atom. The Labute approximate surface area is 94.2 Å². The zero-order valence-corrected chi connectivity index (χ0v) is 9.13. The first-order valence-corrected chi connectivity index (χ1v) is 5.59. The molecule has 0 radical (unpaired) electrons. The van der Waals surface area contributed by atoms with Crippen molar-refractivity contribution in [3.05, 3.63) is 36.2 Å². The van der Waals surface area contributed by atoms with Gasteiger partial charge >= 0.3 is 0 Å². The quantitative estimate of drug-likeness (QED) is 0.717. The fraction of sp³-hybridized carbons (Fsp3) is 0.538. The predicted octanol–water partition coefficient (Wildman–Crippen LogP) is 3.23. The van der Waals surface area contributed by atoms with Crippen LogP contribution in [-0.4, -0.2) is 16.9 Å². The maximum atomic E-state index is 13.7. The summed E-state index contributed by atoms with van der Waals surface area (Å²) in [6.07, 6.45) is 4.87. The lowest BCUT2D eigenvalue weighted by Crippen LogP contribution is -2.40. The van der Waals surface area contributed by atoms with E-state index in [9.17, 15) is 13.9 Å². The van der Waals surface area contributed by atoms with Gasteiger partial charge in [0.1, 0.15) is 5.83 Å². The zero-order valence-electron chi connectivity index (χ0n) is 9.13. The highest BCUT2D eigenvalue weighted by atomic mass is 19.2. The Morgan fingerprint density at radius 1 is 1.56 bits per heavy atom. The lowest BCUT2D eigenvalue weighted by atomic mass is 9.70. The van der Waals surface area contributed by atoms with E-state index in [1.54, 1.807) is 12.2 Å². The third-order valence-electron chi connectivity index (χ3n) is 3.55. The highest BCUT2D eigenvalue weighted by molar-refractivity contribution is 5.30. The number of allylic oxidation sites excluding steroid dienone is 4. The second-order valence-electron chi connectivity index (χ2n) is 4.72. The Balaban J connectivity index is 2.18. The highest BCUT2D eigenvalue weighted by Gasteiger charge is 2.41. The van der Waals surface area contributed by atoms with E-state index >= 15 is 0 Å². The van der Waals surface area contributed by atoms with Gasteiger partial charge in [-0.2, -0.15) is 0 Å². The molecule has 0 heterocycles. The van der Waals surface area contributed by atoms with Crippen LogP contribution < -0.4 is 0 Å². The highest BCUT2D eigenvalue weighted by Crippen LogP contribution is 2.44. The maximum absolute atomic E-state index is 13.7. The number of hydrogen-bond acceptors (Lipinski definition) is 1. The van der Waals surface area contributed by atoms with Crippen molar-refractivity contribution in [2.45, 2.75) is 37.5 Å². The van der Waals surface area contributed by atoms with Crippen LogP contribution in [0.25, 0.3) is 0 Å². The van der Waals surface area contributed by atoms with Gasteiger partial charge in [-0.25, -0.2) is 8.78 Å². The van der Waals surface area contributed by atoms with Gasteiger partial charge in [-0.05, 0) is 31.8 Å². The minimum atomic E-state index is -1.59. The molecule has 0 aliphatic heterocycles. The normalized spacial score (nSPS) is 38.4. The second-order valence-corrected chi connectivity index (χ2v) is 4.72. The van der Waals surface area contributed by atoms with Crippen molar-refractivity contribution in [3.8, 4) is 0 Å². The molecule has 0 spiro atoms. The summed E-state index contributed by atoms with van der Waals surface area (Å²) in [5.74, 6) is -1.22. The predicted molar refractivity (Wildman–Crippen MR) is 59.3 cm³/mol. The van der Waals surface area contributed by atoms with Crippen LogP contribution in [0.3, 0.4) is 0 Å². The first-order valence-electron chi connectivity index (χ1n) is 5.59. The van der Waals surface area contributed by atoms with Crippen molar-refractivity contribution in [2.24, 2.45) is 5.92 Å². The number of hydrogen-bond donors (Lipinski definition) is 1. The van der Waals surface area contributed by atoms with E-state index in [1.807, 2.05) is 0 Å². The van der Waals surface area contributed by atoms with E-state index in [4.69, 9.17) is 0 Å². The van der Waals surface area contributed by atoms with Gasteiger partial charge in [0.15, 0.2) is 6.17 Å². The molecule has 2 aliphatic carbocycles. The Hall–Kier alpha value is -0.960.